The monoisotopic (exact) mass is 261 g/mol. The fourth-order valence-electron chi connectivity index (χ4n) is 2.05. The summed E-state index contributed by atoms with van der Waals surface area (Å²) in [7, 11) is 0. The first-order chi connectivity index (χ1) is 9.15. The summed E-state index contributed by atoms with van der Waals surface area (Å²) in [5, 5.41) is 3.20. The molecule has 0 aliphatic heterocycles. The second-order valence-corrected chi connectivity index (χ2v) is 4.50. The highest BCUT2D eigenvalue weighted by molar-refractivity contribution is 5.68. The zero-order chi connectivity index (χ0) is 13.8. The molecule has 0 spiro atoms. The smallest absolute Gasteiger partial charge is 0.166 e. The van der Waals surface area contributed by atoms with E-state index in [1.54, 1.807) is 19.1 Å². The number of benzene rings is 2. The largest absolute Gasteiger partial charge is 0.313 e. The third-order valence-electron chi connectivity index (χ3n) is 3.15. The molecule has 1 nitrogen and oxygen atoms in total. The molecule has 2 aromatic rings. The third kappa shape index (κ3) is 2.82. The van der Waals surface area contributed by atoms with Crippen molar-refractivity contribution in [1.29, 1.82) is 0 Å². The predicted molar refractivity (Wildman–Crippen MR) is 73.9 cm³/mol. The second kappa shape index (κ2) is 5.93. The Morgan fingerprint density at radius 3 is 2.42 bits per heavy atom. The van der Waals surface area contributed by atoms with Crippen LogP contribution in [-0.4, -0.2) is 6.54 Å². The summed E-state index contributed by atoms with van der Waals surface area (Å²) < 4.78 is 27.7. The van der Waals surface area contributed by atoms with Crippen LogP contribution < -0.4 is 5.32 Å². The van der Waals surface area contributed by atoms with Crippen LogP contribution in [0.1, 0.15) is 18.1 Å². The molecule has 0 heterocycles. The highest BCUT2D eigenvalue weighted by Crippen LogP contribution is 2.28. The Morgan fingerprint density at radius 2 is 1.68 bits per heavy atom. The summed E-state index contributed by atoms with van der Waals surface area (Å²) in [5.41, 5.74) is 2.34. The molecule has 19 heavy (non-hydrogen) atoms. The van der Waals surface area contributed by atoms with Gasteiger partial charge in [0.15, 0.2) is 11.6 Å². The highest BCUT2D eigenvalue weighted by Gasteiger charge is 2.14. The maximum absolute atomic E-state index is 14.1. The molecular weight excluding hydrogens is 244 g/mol. The maximum Gasteiger partial charge on any atom is 0.166 e. The minimum atomic E-state index is -0.774. The number of aryl methyl sites for hydroxylation is 1. The number of rotatable bonds is 4. The van der Waals surface area contributed by atoms with E-state index in [2.05, 4.69) is 5.32 Å². The average molecular weight is 261 g/mol. The van der Waals surface area contributed by atoms with Crippen molar-refractivity contribution in [2.75, 3.05) is 6.54 Å². The van der Waals surface area contributed by atoms with E-state index in [-0.39, 0.29) is 0 Å². The molecular formula is C16H17F2N. The molecule has 3 heteroatoms. The molecule has 100 valence electrons. The van der Waals surface area contributed by atoms with Crippen molar-refractivity contribution in [3.63, 3.8) is 0 Å². The molecule has 0 aliphatic carbocycles. The summed E-state index contributed by atoms with van der Waals surface area (Å²) in [6.07, 6.45) is 0. The summed E-state index contributed by atoms with van der Waals surface area (Å²) in [6.45, 7) is 5.04. The Labute approximate surface area is 112 Å². The van der Waals surface area contributed by atoms with Crippen LogP contribution in [0, 0.1) is 18.6 Å². The summed E-state index contributed by atoms with van der Waals surface area (Å²) in [4.78, 5) is 0. The van der Waals surface area contributed by atoms with Gasteiger partial charge in [-0.1, -0.05) is 43.3 Å². The van der Waals surface area contributed by atoms with Gasteiger partial charge in [-0.25, -0.2) is 8.78 Å². The SMILES string of the molecule is CCNCc1ccccc1-c1ccc(C)c(F)c1F. The summed E-state index contributed by atoms with van der Waals surface area (Å²) >= 11 is 0. The predicted octanol–water partition coefficient (Wildman–Crippen LogP) is 4.05. The molecule has 2 rings (SSSR count). The van der Waals surface area contributed by atoms with Crippen molar-refractivity contribution in [1.82, 2.24) is 5.32 Å². The van der Waals surface area contributed by atoms with Crippen molar-refractivity contribution >= 4 is 0 Å². The van der Waals surface area contributed by atoms with Gasteiger partial charge >= 0.3 is 0 Å². The molecule has 0 bridgehead atoms. The van der Waals surface area contributed by atoms with Gasteiger partial charge in [-0.3, -0.25) is 0 Å². The molecule has 2 aromatic carbocycles. The van der Waals surface area contributed by atoms with Crippen LogP contribution in [0.3, 0.4) is 0 Å². The Hall–Kier alpha value is -1.74. The van der Waals surface area contributed by atoms with Crippen molar-refractivity contribution in [3.05, 3.63) is 59.2 Å². The lowest BCUT2D eigenvalue weighted by molar-refractivity contribution is 0.505. The molecule has 0 saturated heterocycles. The Kier molecular flexibility index (Phi) is 4.27. The zero-order valence-electron chi connectivity index (χ0n) is 11.1. The van der Waals surface area contributed by atoms with E-state index < -0.39 is 11.6 Å². The normalized spacial score (nSPS) is 10.7. The minimum Gasteiger partial charge on any atom is -0.313 e. The van der Waals surface area contributed by atoms with Gasteiger partial charge in [0.2, 0.25) is 0 Å². The molecule has 0 aliphatic rings. The molecule has 0 unspecified atom stereocenters. The lowest BCUT2D eigenvalue weighted by Crippen LogP contribution is -2.12. The highest BCUT2D eigenvalue weighted by atomic mass is 19.2. The number of nitrogens with one attached hydrogen (secondary N) is 1. The van der Waals surface area contributed by atoms with E-state index in [0.717, 1.165) is 17.7 Å². The molecule has 0 aromatic heterocycles. The number of halogens is 2. The Morgan fingerprint density at radius 1 is 0.947 bits per heavy atom. The van der Waals surface area contributed by atoms with Gasteiger partial charge in [-0.15, -0.1) is 0 Å². The summed E-state index contributed by atoms with van der Waals surface area (Å²) in [6, 6.07) is 10.7. The van der Waals surface area contributed by atoms with E-state index in [4.69, 9.17) is 0 Å². The summed E-state index contributed by atoms with van der Waals surface area (Å²) in [5.74, 6) is -1.54. The first-order valence-electron chi connectivity index (χ1n) is 6.38. The van der Waals surface area contributed by atoms with Gasteiger partial charge in [-0.2, -0.15) is 0 Å². The van der Waals surface area contributed by atoms with Gasteiger partial charge in [-0.05, 0) is 30.2 Å². The Balaban J connectivity index is 2.50. The van der Waals surface area contributed by atoms with Crippen molar-refractivity contribution in [2.45, 2.75) is 20.4 Å². The fourth-order valence-corrected chi connectivity index (χ4v) is 2.05. The first kappa shape index (κ1) is 13.7. The molecule has 0 amide bonds. The van der Waals surface area contributed by atoms with E-state index in [1.807, 2.05) is 31.2 Å². The molecule has 1 N–H and O–H groups in total. The second-order valence-electron chi connectivity index (χ2n) is 4.50. The molecule has 0 atom stereocenters. The van der Waals surface area contributed by atoms with Crippen molar-refractivity contribution in [2.24, 2.45) is 0 Å². The van der Waals surface area contributed by atoms with Gasteiger partial charge in [0, 0.05) is 12.1 Å². The third-order valence-corrected chi connectivity index (χ3v) is 3.15. The van der Waals surface area contributed by atoms with Gasteiger partial charge < -0.3 is 5.32 Å². The Bertz CT molecular complexity index is 579. The van der Waals surface area contributed by atoms with E-state index in [9.17, 15) is 8.78 Å². The number of hydrogen-bond acceptors (Lipinski definition) is 1. The van der Waals surface area contributed by atoms with Crippen LogP contribution in [0.5, 0.6) is 0 Å². The van der Waals surface area contributed by atoms with Crippen LogP contribution in [-0.2, 0) is 6.54 Å². The van der Waals surface area contributed by atoms with E-state index >= 15 is 0 Å². The lowest BCUT2D eigenvalue weighted by atomic mass is 9.98. The topological polar surface area (TPSA) is 12.0 Å². The lowest BCUT2D eigenvalue weighted by Gasteiger charge is -2.12. The van der Waals surface area contributed by atoms with Crippen molar-refractivity contribution < 1.29 is 8.78 Å². The van der Waals surface area contributed by atoms with E-state index in [1.165, 1.54) is 0 Å². The van der Waals surface area contributed by atoms with Crippen LogP contribution >= 0.6 is 0 Å². The van der Waals surface area contributed by atoms with E-state index in [0.29, 0.717) is 17.7 Å². The maximum atomic E-state index is 14.1. The minimum absolute atomic E-state index is 0.316. The van der Waals surface area contributed by atoms with Crippen LogP contribution in [0.2, 0.25) is 0 Å². The molecule has 0 radical (unpaired) electrons. The van der Waals surface area contributed by atoms with Crippen molar-refractivity contribution in [3.8, 4) is 11.1 Å². The van der Waals surface area contributed by atoms with Gasteiger partial charge in [0.25, 0.3) is 0 Å². The zero-order valence-corrected chi connectivity index (χ0v) is 11.1. The molecule has 0 fully saturated rings. The fraction of sp³-hybridized carbons (Fsp3) is 0.250. The van der Waals surface area contributed by atoms with Crippen LogP contribution in [0.4, 0.5) is 8.78 Å². The first-order valence-corrected chi connectivity index (χ1v) is 6.38. The quantitative estimate of drug-likeness (QED) is 0.875. The van der Waals surface area contributed by atoms with Crippen LogP contribution in [0.15, 0.2) is 36.4 Å². The molecule has 0 saturated carbocycles. The number of hydrogen-bond donors (Lipinski definition) is 1. The van der Waals surface area contributed by atoms with Gasteiger partial charge in [0.05, 0.1) is 0 Å². The van der Waals surface area contributed by atoms with Crippen LogP contribution in [0.25, 0.3) is 11.1 Å². The van der Waals surface area contributed by atoms with Gasteiger partial charge in [0.1, 0.15) is 0 Å². The average Bonchev–Trinajstić information content (AvgIpc) is 2.43. The standard InChI is InChI=1S/C16H17F2N/c1-3-19-10-12-6-4-5-7-13(12)14-9-8-11(2)15(17)16(14)18/h4-9,19H,3,10H2,1-2H3.